The molecule has 2 fully saturated rings. The van der Waals surface area contributed by atoms with Crippen LogP contribution in [0.3, 0.4) is 0 Å². The summed E-state index contributed by atoms with van der Waals surface area (Å²) in [6.45, 7) is 0. The summed E-state index contributed by atoms with van der Waals surface area (Å²) < 4.78 is 52.2. The Morgan fingerprint density at radius 3 is 2.53 bits per heavy atom. The number of carboxylic acid groups (broad SMARTS) is 1. The molecule has 222 valence electrons. The van der Waals surface area contributed by atoms with Crippen molar-refractivity contribution >= 4 is 28.4 Å². The molecule has 2 aromatic heterocycles. The van der Waals surface area contributed by atoms with Crippen LogP contribution >= 0.6 is 11.3 Å². The van der Waals surface area contributed by atoms with Crippen LogP contribution in [0.1, 0.15) is 77.8 Å². The van der Waals surface area contributed by atoms with Crippen molar-refractivity contribution in [3.63, 3.8) is 0 Å². The number of halogens is 2. The standard InChI is InChI=1S/C32H29F2N3O4S2/c33-25-12-11-23(17-22(25)7-3-6-19-4-1-2-5-19)30-24(14-21-10-13-29(43(40)41)26(34)15-21)28(16-20-8-9-20)37(36-30)32-35-27(18-42-32)31(38)39/h10-13,15,17-20H,1-2,4-6,8-9,14,16H2,(H,38,39)(H,40,41). The Bertz CT molecular complexity index is 1780. The number of hydrogen-bond acceptors (Lipinski definition) is 5. The summed E-state index contributed by atoms with van der Waals surface area (Å²) in [7, 11) is 0. The van der Waals surface area contributed by atoms with Crippen LogP contribution in [0.2, 0.25) is 0 Å². The summed E-state index contributed by atoms with van der Waals surface area (Å²) in [6.07, 6.45) is 8.43. The number of aromatic carboxylic acids is 1. The molecule has 1 atom stereocenters. The Morgan fingerprint density at radius 1 is 1.07 bits per heavy atom. The predicted molar refractivity (Wildman–Crippen MR) is 160 cm³/mol. The first-order chi connectivity index (χ1) is 20.8. The molecule has 6 rings (SSSR count). The molecule has 2 aliphatic rings. The Kier molecular flexibility index (Phi) is 8.52. The summed E-state index contributed by atoms with van der Waals surface area (Å²) >= 11 is -1.30. The molecule has 2 heterocycles. The maximum atomic E-state index is 14.9. The molecule has 0 radical (unpaired) electrons. The predicted octanol–water partition coefficient (Wildman–Crippen LogP) is 7.03. The van der Waals surface area contributed by atoms with Gasteiger partial charge in [-0.15, -0.1) is 11.3 Å². The van der Waals surface area contributed by atoms with E-state index in [1.54, 1.807) is 22.9 Å². The van der Waals surface area contributed by atoms with E-state index in [-0.39, 0.29) is 22.6 Å². The van der Waals surface area contributed by atoms with Gasteiger partial charge in [0.2, 0.25) is 5.13 Å². The highest BCUT2D eigenvalue weighted by Gasteiger charge is 2.29. The van der Waals surface area contributed by atoms with E-state index in [1.807, 2.05) is 0 Å². The summed E-state index contributed by atoms with van der Waals surface area (Å²) in [6, 6.07) is 8.82. The highest BCUT2D eigenvalue weighted by molar-refractivity contribution is 7.79. The number of carbonyl (C=O) groups is 1. The molecule has 2 saturated carbocycles. The average molecular weight is 622 g/mol. The van der Waals surface area contributed by atoms with Crippen LogP contribution in [0.15, 0.2) is 46.7 Å². The number of thiazole rings is 1. The first kappa shape index (κ1) is 29.4. The van der Waals surface area contributed by atoms with Gasteiger partial charge in [-0.1, -0.05) is 30.7 Å². The Labute approximate surface area is 254 Å². The van der Waals surface area contributed by atoms with E-state index in [0.717, 1.165) is 54.7 Å². The lowest BCUT2D eigenvalue weighted by molar-refractivity contribution is 0.0691. The molecule has 4 aromatic rings. The van der Waals surface area contributed by atoms with Gasteiger partial charge in [0.25, 0.3) is 0 Å². The van der Waals surface area contributed by atoms with Gasteiger partial charge in [0.1, 0.15) is 16.5 Å². The minimum Gasteiger partial charge on any atom is -0.476 e. The molecule has 7 nitrogen and oxygen atoms in total. The largest absolute Gasteiger partial charge is 0.476 e. The molecule has 43 heavy (non-hydrogen) atoms. The van der Waals surface area contributed by atoms with E-state index in [2.05, 4.69) is 16.8 Å². The van der Waals surface area contributed by atoms with E-state index in [0.29, 0.717) is 40.2 Å². The zero-order chi connectivity index (χ0) is 30.1. The lowest BCUT2D eigenvalue weighted by atomic mass is 9.96. The van der Waals surface area contributed by atoms with Gasteiger partial charge in [-0.25, -0.2) is 27.5 Å². The van der Waals surface area contributed by atoms with Crippen molar-refractivity contribution in [3.8, 4) is 28.2 Å². The molecule has 2 N–H and O–H groups in total. The zero-order valence-electron chi connectivity index (χ0n) is 23.2. The van der Waals surface area contributed by atoms with E-state index in [1.165, 1.54) is 36.4 Å². The highest BCUT2D eigenvalue weighted by atomic mass is 32.2. The number of rotatable bonds is 9. The average Bonchev–Trinajstić information content (AvgIpc) is 3.32. The van der Waals surface area contributed by atoms with Crippen molar-refractivity contribution < 1.29 is 27.4 Å². The number of nitrogens with zero attached hydrogens (tertiary/aromatic N) is 3. The Balaban J connectivity index is 1.46. The topological polar surface area (TPSA) is 105 Å². The molecular formula is C32H29F2N3O4S2. The summed E-state index contributed by atoms with van der Waals surface area (Å²) in [5, 5.41) is 16.2. The fourth-order valence-electron chi connectivity index (χ4n) is 5.60. The van der Waals surface area contributed by atoms with Crippen LogP contribution in [0.5, 0.6) is 0 Å². The van der Waals surface area contributed by atoms with Gasteiger partial charge in [-0.05, 0) is 79.8 Å². The number of hydrogen-bond donors (Lipinski definition) is 2. The lowest BCUT2D eigenvalue weighted by Crippen LogP contribution is -2.06. The smallest absolute Gasteiger partial charge is 0.355 e. The van der Waals surface area contributed by atoms with Crippen molar-refractivity contribution in [2.75, 3.05) is 0 Å². The first-order valence-electron chi connectivity index (χ1n) is 14.2. The molecule has 0 aliphatic heterocycles. The van der Waals surface area contributed by atoms with Gasteiger partial charge in [0.05, 0.1) is 17.0 Å². The van der Waals surface area contributed by atoms with Gasteiger partial charge in [-0.3, -0.25) is 0 Å². The zero-order valence-corrected chi connectivity index (χ0v) is 24.8. The Hall–Kier alpha value is -3.72. The molecule has 2 aromatic carbocycles. The van der Waals surface area contributed by atoms with E-state index >= 15 is 0 Å². The molecule has 0 bridgehead atoms. The fraction of sp³-hybridized carbons (Fsp3) is 0.344. The molecule has 0 spiro atoms. The molecule has 0 saturated heterocycles. The lowest BCUT2D eigenvalue weighted by Gasteiger charge is -2.10. The monoisotopic (exact) mass is 621 g/mol. The second-order valence-electron chi connectivity index (χ2n) is 11.2. The number of aromatic nitrogens is 3. The fourth-order valence-corrected chi connectivity index (χ4v) is 6.78. The third-order valence-electron chi connectivity index (χ3n) is 8.05. The number of carboxylic acids is 1. The molecule has 11 heteroatoms. The minimum absolute atomic E-state index is 0.0905. The van der Waals surface area contributed by atoms with Crippen LogP contribution < -0.4 is 0 Å². The second kappa shape index (κ2) is 12.5. The van der Waals surface area contributed by atoms with Crippen molar-refractivity contribution in [1.29, 1.82) is 0 Å². The molecule has 1 unspecified atom stereocenters. The highest BCUT2D eigenvalue weighted by Crippen LogP contribution is 2.38. The van der Waals surface area contributed by atoms with E-state index in [4.69, 9.17) is 5.10 Å². The third-order valence-corrected chi connectivity index (χ3v) is 9.58. The van der Waals surface area contributed by atoms with Crippen LogP contribution in [0, 0.1) is 35.3 Å². The first-order valence-corrected chi connectivity index (χ1v) is 16.2. The minimum atomic E-state index is -2.46. The summed E-state index contributed by atoms with van der Waals surface area (Å²) in [5.41, 5.74) is 3.49. The van der Waals surface area contributed by atoms with E-state index in [9.17, 15) is 27.4 Å². The maximum Gasteiger partial charge on any atom is 0.355 e. The normalized spacial score (nSPS) is 15.8. The summed E-state index contributed by atoms with van der Waals surface area (Å²) in [4.78, 5) is 15.6. The molecule has 0 amide bonds. The maximum absolute atomic E-state index is 14.9. The van der Waals surface area contributed by atoms with Crippen LogP contribution in [0.25, 0.3) is 16.4 Å². The Morgan fingerprint density at radius 2 is 1.86 bits per heavy atom. The quantitative estimate of drug-likeness (QED) is 0.154. The van der Waals surface area contributed by atoms with Gasteiger partial charge in [0, 0.05) is 29.3 Å². The van der Waals surface area contributed by atoms with Gasteiger partial charge in [-0.2, -0.15) is 5.10 Å². The molecular weight excluding hydrogens is 592 g/mol. The third kappa shape index (κ3) is 6.61. The van der Waals surface area contributed by atoms with Crippen molar-refractivity contribution in [2.24, 2.45) is 11.8 Å². The van der Waals surface area contributed by atoms with Crippen LogP contribution in [-0.4, -0.2) is 34.6 Å². The molecule has 2 aliphatic carbocycles. The van der Waals surface area contributed by atoms with Crippen molar-refractivity contribution in [2.45, 2.75) is 62.7 Å². The van der Waals surface area contributed by atoms with Crippen molar-refractivity contribution in [1.82, 2.24) is 14.8 Å². The van der Waals surface area contributed by atoms with Gasteiger partial charge in [0.15, 0.2) is 16.8 Å². The van der Waals surface area contributed by atoms with Crippen LogP contribution in [-0.2, 0) is 23.9 Å². The van der Waals surface area contributed by atoms with Gasteiger partial charge < -0.3 is 9.66 Å². The number of benzene rings is 2. The van der Waals surface area contributed by atoms with E-state index < -0.39 is 28.7 Å². The second-order valence-corrected chi connectivity index (χ2v) is 13.0. The summed E-state index contributed by atoms with van der Waals surface area (Å²) in [5.74, 6) is 4.79. The van der Waals surface area contributed by atoms with Crippen molar-refractivity contribution in [3.05, 3.63) is 81.5 Å². The van der Waals surface area contributed by atoms with Crippen LogP contribution in [0.4, 0.5) is 8.78 Å². The van der Waals surface area contributed by atoms with Gasteiger partial charge >= 0.3 is 5.97 Å². The SMILES string of the molecule is O=C(O)c1csc(-n2nc(-c3ccc(F)c(C#CCC4CCCC4)c3)c(Cc3ccc(S(=O)O)c(F)c3)c2CC2CC2)n1.